The number of primary amides is 1. The number of hydrogen-bond acceptors (Lipinski definition) is 4. The van der Waals surface area contributed by atoms with Crippen molar-refractivity contribution in [3.63, 3.8) is 0 Å². The van der Waals surface area contributed by atoms with E-state index >= 15 is 0 Å². The smallest absolute Gasteiger partial charge is 0.265 e. The summed E-state index contributed by atoms with van der Waals surface area (Å²) in [7, 11) is 0. The minimum atomic E-state index is -0.656. The lowest BCUT2D eigenvalue weighted by Crippen LogP contribution is -2.44. The standard InChI is InChI=1S/C21H24N4O3/c1-12-9-25(10-13(2)28-12)11-14-3-5-17-15(7-14)8-19(23-17)16-4-6-18(20(22)26)24-21(16)27/h3-8,12-13,23H,9-11H2,1-2H3,(H2,22,26)(H,24,27)/t12-,13+. The van der Waals surface area contributed by atoms with E-state index in [-0.39, 0.29) is 23.5 Å². The van der Waals surface area contributed by atoms with E-state index in [0.29, 0.717) is 11.3 Å². The molecule has 3 heterocycles. The lowest BCUT2D eigenvalue weighted by atomic mass is 10.1. The van der Waals surface area contributed by atoms with Crippen LogP contribution in [0.4, 0.5) is 0 Å². The van der Waals surface area contributed by atoms with Crippen LogP contribution in [0.25, 0.3) is 22.2 Å². The van der Waals surface area contributed by atoms with Crippen molar-refractivity contribution in [2.45, 2.75) is 32.6 Å². The van der Waals surface area contributed by atoms with Crippen LogP contribution < -0.4 is 11.3 Å². The second-order valence-electron chi connectivity index (χ2n) is 7.54. The molecule has 1 aliphatic heterocycles. The van der Waals surface area contributed by atoms with Crippen LogP contribution in [-0.2, 0) is 11.3 Å². The van der Waals surface area contributed by atoms with E-state index in [9.17, 15) is 9.59 Å². The summed E-state index contributed by atoms with van der Waals surface area (Å²) >= 11 is 0. The number of aromatic amines is 2. The van der Waals surface area contributed by atoms with E-state index in [4.69, 9.17) is 10.5 Å². The molecular formula is C21H24N4O3. The molecule has 2 atom stereocenters. The maximum absolute atomic E-state index is 12.3. The number of morpholine rings is 1. The third kappa shape index (κ3) is 3.72. The van der Waals surface area contributed by atoms with Crippen LogP contribution in [0.5, 0.6) is 0 Å². The van der Waals surface area contributed by atoms with Gasteiger partial charge >= 0.3 is 0 Å². The van der Waals surface area contributed by atoms with Crippen LogP contribution in [0.1, 0.15) is 29.9 Å². The molecule has 1 saturated heterocycles. The number of carbonyl (C=O) groups excluding carboxylic acids is 1. The van der Waals surface area contributed by atoms with Gasteiger partial charge in [-0.25, -0.2) is 0 Å². The number of amides is 1. The zero-order valence-corrected chi connectivity index (χ0v) is 16.0. The summed E-state index contributed by atoms with van der Waals surface area (Å²) in [6.45, 7) is 6.91. The van der Waals surface area contributed by atoms with Gasteiger partial charge in [-0.3, -0.25) is 14.5 Å². The van der Waals surface area contributed by atoms with Gasteiger partial charge < -0.3 is 20.4 Å². The number of benzene rings is 1. The van der Waals surface area contributed by atoms with Crippen molar-refractivity contribution in [3.05, 3.63) is 58.0 Å². The lowest BCUT2D eigenvalue weighted by molar-refractivity contribution is -0.0704. The second kappa shape index (κ2) is 7.26. The molecule has 0 spiro atoms. The summed E-state index contributed by atoms with van der Waals surface area (Å²) in [5.74, 6) is -0.656. The molecule has 0 radical (unpaired) electrons. The van der Waals surface area contributed by atoms with E-state index in [1.165, 1.54) is 11.6 Å². The summed E-state index contributed by atoms with van der Waals surface area (Å²) in [4.78, 5) is 31.7. The quantitative estimate of drug-likeness (QED) is 0.645. The van der Waals surface area contributed by atoms with Crippen LogP contribution in [0.15, 0.2) is 41.2 Å². The van der Waals surface area contributed by atoms with Gasteiger partial charge in [0.25, 0.3) is 11.5 Å². The number of nitrogens with two attached hydrogens (primary N) is 1. The van der Waals surface area contributed by atoms with Crippen molar-refractivity contribution in [3.8, 4) is 11.3 Å². The van der Waals surface area contributed by atoms with Crippen LogP contribution in [0.3, 0.4) is 0 Å². The van der Waals surface area contributed by atoms with Gasteiger partial charge in [-0.2, -0.15) is 0 Å². The topological polar surface area (TPSA) is 104 Å². The first-order chi connectivity index (χ1) is 13.4. The van der Waals surface area contributed by atoms with E-state index in [1.54, 1.807) is 6.07 Å². The third-order valence-corrected chi connectivity index (χ3v) is 5.05. The molecule has 0 bridgehead atoms. The molecule has 3 aromatic rings. The van der Waals surface area contributed by atoms with Gasteiger partial charge in [-0.1, -0.05) is 6.07 Å². The monoisotopic (exact) mass is 380 g/mol. The highest BCUT2D eigenvalue weighted by atomic mass is 16.5. The van der Waals surface area contributed by atoms with E-state index in [2.05, 4.69) is 40.8 Å². The molecular weight excluding hydrogens is 356 g/mol. The molecule has 0 aliphatic carbocycles. The molecule has 2 aromatic heterocycles. The summed E-state index contributed by atoms with van der Waals surface area (Å²) in [5, 5.41) is 1.04. The summed E-state index contributed by atoms with van der Waals surface area (Å²) in [6.07, 6.45) is 0.475. The summed E-state index contributed by atoms with van der Waals surface area (Å²) in [5.41, 5.74) is 8.32. The predicted octanol–water partition coefficient (Wildman–Crippen LogP) is 2.23. The SMILES string of the molecule is C[C@@H]1CN(Cc2ccc3[nH]c(-c4ccc(C(N)=O)[nH]c4=O)cc3c2)C[C@H](C)O1. The minimum absolute atomic E-state index is 0.0983. The lowest BCUT2D eigenvalue weighted by Gasteiger charge is -2.35. The molecule has 0 saturated carbocycles. The zero-order chi connectivity index (χ0) is 19.8. The number of hydrogen-bond donors (Lipinski definition) is 3. The van der Waals surface area contributed by atoms with Crippen LogP contribution >= 0.6 is 0 Å². The molecule has 4 rings (SSSR count). The van der Waals surface area contributed by atoms with Crippen molar-refractivity contribution < 1.29 is 9.53 Å². The Kier molecular flexibility index (Phi) is 4.78. The Morgan fingerprint density at radius 2 is 1.89 bits per heavy atom. The van der Waals surface area contributed by atoms with Crippen LogP contribution in [-0.4, -0.2) is 46.1 Å². The number of rotatable bonds is 4. The number of H-pyrrole nitrogens is 2. The number of carbonyl (C=O) groups is 1. The minimum Gasteiger partial charge on any atom is -0.373 e. The molecule has 1 fully saturated rings. The number of pyridine rings is 1. The van der Waals surface area contributed by atoms with Crippen molar-refractivity contribution in [2.75, 3.05) is 13.1 Å². The van der Waals surface area contributed by atoms with Gasteiger partial charge in [0.15, 0.2) is 0 Å². The molecule has 28 heavy (non-hydrogen) atoms. The van der Waals surface area contributed by atoms with E-state index < -0.39 is 5.91 Å². The van der Waals surface area contributed by atoms with Crippen molar-refractivity contribution in [1.29, 1.82) is 0 Å². The molecule has 1 aromatic carbocycles. The molecule has 146 valence electrons. The molecule has 1 aliphatic rings. The van der Waals surface area contributed by atoms with E-state index in [1.807, 2.05) is 12.1 Å². The Balaban J connectivity index is 1.60. The van der Waals surface area contributed by atoms with Crippen LogP contribution in [0.2, 0.25) is 0 Å². The molecule has 1 amide bonds. The number of aromatic nitrogens is 2. The molecule has 7 nitrogen and oxygen atoms in total. The fraction of sp³-hybridized carbons (Fsp3) is 0.333. The number of ether oxygens (including phenoxy) is 1. The number of fused-ring (bicyclic) bond motifs is 1. The predicted molar refractivity (Wildman–Crippen MR) is 108 cm³/mol. The first-order valence-electron chi connectivity index (χ1n) is 9.42. The highest BCUT2D eigenvalue weighted by Crippen LogP contribution is 2.24. The van der Waals surface area contributed by atoms with Gasteiger partial charge in [0.2, 0.25) is 0 Å². The van der Waals surface area contributed by atoms with Crippen LogP contribution in [0, 0.1) is 0 Å². The van der Waals surface area contributed by atoms with Gasteiger partial charge in [0, 0.05) is 30.5 Å². The maximum Gasteiger partial charge on any atom is 0.265 e. The molecule has 7 heteroatoms. The van der Waals surface area contributed by atoms with Gasteiger partial charge in [-0.05, 0) is 49.7 Å². The normalized spacial score (nSPS) is 20.5. The Labute approximate surface area is 162 Å². The fourth-order valence-corrected chi connectivity index (χ4v) is 3.93. The largest absolute Gasteiger partial charge is 0.373 e. The Morgan fingerprint density at radius 3 is 2.57 bits per heavy atom. The molecule has 0 unspecified atom stereocenters. The first-order valence-corrected chi connectivity index (χ1v) is 9.42. The van der Waals surface area contributed by atoms with Crippen molar-refractivity contribution >= 4 is 16.8 Å². The average molecular weight is 380 g/mol. The Morgan fingerprint density at radius 1 is 1.14 bits per heavy atom. The number of nitrogens with zero attached hydrogens (tertiary/aromatic N) is 1. The highest BCUT2D eigenvalue weighted by Gasteiger charge is 2.22. The van der Waals surface area contributed by atoms with Crippen molar-refractivity contribution in [2.24, 2.45) is 5.73 Å². The third-order valence-electron chi connectivity index (χ3n) is 5.05. The Hall–Kier alpha value is -2.90. The van der Waals surface area contributed by atoms with Gasteiger partial charge in [0.1, 0.15) is 5.69 Å². The highest BCUT2D eigenvalue weighted by molar-refractivity contribution is 5.91. The summed E-state index contributed by atoms with van der Waals surface area (Å²) < 4.78 is 5.80. The molecule has 4 N–H and O–H groups in total. The second-order valence-corrected chi connectivity index (χ2v) is 7.54. The average Bonchev–Trinajstić information content (AvgIpc) is 3.03. The first kappa shape index (κ1) is 18.5. The Bertz CT molecular complexity index is 1070. The zero-order valence-electron chi connectivity index (χ0n) is 16.0. The summed E-state index contributed by atoms with van der Waals surface area (Å²) in [6, 6.07) is 11.4. The fourth-order valence-electron chi connectivity index (χ4n) is 3.93. The van der Waals surface area contributed by atoms with E-state index in [0.717, 1.165) is 30.5 Å². The maximum atomic E-state index is 12.3. The number of nitrogens with one attached hydrogen (secondary N) is 2. The van der Waals surface area contributed by atoms with Gasteiger partial charge in [0.05, 0.1) is 23.5 Å². The van der Waals surface area contributed by atoms with Crippen molar-refractivity contribution in [1.82, 2.24) is 14.9 Å². The van der Waals surface area contributed by atoms with Gasteiger partial charge in [-0.15, -0.1) is 0 Å².